The minimum Gasteiger partial charge on any atom is -0.355 e. The average molecular weight is 494 g/mol. The quantitative estimate of drug-likeness (QED) is 0.329. The zero-order valence-electron chi connectivity index (χ0n) is 16.1. The fourth-order valence-electron chi connectivity index (χ4n) is 3.00. The van der Waals surface area contributed by atoms with Crippen LogP contribution in [0.25, 0.3) is 0 Å². The summed E-state index contributed by atoms with van der Waals surface area (Å²) in [7, 11) is -1.42. The van der Waals surface area contributed by atoms with E-state index in [1.807, 2.05) is 19.1 Å². The summed E-state index contributed by atoms with van der Waals surface area (Å²) in [5.74, 6) is 0.761. The number of likely N-dealkylation sites (N-methyl/N-ethyl adjacent to an activating group) is 1. The largest absolute Gasteiger partial charge is 0.355 e. The van der Waals surface area contributed by atoms with Crippen LogP contribution in [0.1, 0.15) is 30.9 Å². The number of benzene rings is 1. The summed E-state index contributed by atoms with van der Waals surface area (Å²) in [5.41, 5.74) is 1.80. The normalized spacial score (nSPS) is 14.9. The highest BCUT2D eigenvalue weighted by Gasteiger charge is 2.27. The molecular weight excluding hydrogens is 463 g/mol. The van der Waals surface area contributed by atoms with Gasteiger partial charge in [0, 0.05) is 39.0 Å². The standard InChI is InChI=1S/C18H30N4O2S.HI/c1-5-22(16-7-8-16)11-10-20-18(19-3)21-13-15-6-9-17(14(2)12-15)25(4,23)24;/h6,9,12,16H,5,7-8,10-11,13H2,1-4H3,(H2,19,20,21);1H. The molecule has 2 N–H and O–H groups in total. The van der Waals surface area contributed by atoms with E-state index in [-0.39, 0.29) is 24.0 Å². The molecule has 2 rings (SSSR count). The fraction of sp³-hybridized carbons (Fsp3) is 0.611. The van der Waals surface area contributed by atoms with Crippen LogP contribution in [0.3, 0.4) is 0 Å². The van der Waals surface area contributed by atoms with Gasteiger partial charge in [-0.15, -0.1) is 24.0 Å². The van der Waals surface area contributed by atoms with Gasteiger partial charge in [0.15, 0.2) is 15.8 Å². The number of halogens is 1. The molecule has 0 bridgehead atoms. The van der Waals surface area contributed by atoms with Gasteiger partial charge in [0.25, 0.3) is 0 Å². The van der Waals surface area contributed by atoms with E-state index >= 15 is 0 Å². The summed E-state index contributed by atoms with van der Waals surface area (Å²) in [6.45, 7) is 7.59. The first-order valence-electron chi connectivity index (χ1n) is 8.83. The van der Waals surface area contributed by atoms with Crippen LogP contribution >= 0.6 is 24.0 Å². The number of nitrogens with one attached hydrogen (secondary N) is 2. The number of sulfone groups is 1. The monoisotopic (exact) mass is 494 g/mol. The van der Waals surface area contributed by atoms with Crippen molar-refractivity contribution in [1.29, 1.82) is 0 Å². The minimum absolute atomic E-state index is 0. The molecule has 0 heterocycles. The zero-order chi connectivity index (χ0) is 18.4. The van der Waals surface area contributed by atoms with Crippen LogP contribution in [-0.2, 0) is 16.4 Å². The predicted molar refractivity (Wildman–Crippen MR) is 118 cm³/mol. The van der Waals surface area contributed by atoms with Crippen molar-refractivity contribution in [2.24, 2.45) is 4.99 Å². The zero-order valence-corrected chi connectivity index (χ0v) is 19.2. The lowest BCUT2D eigenvalue weighted by atomic mass is 10.1. The average Bonchev–Trinajstić information content (AvgIpc) is 3.38. The summed E-state index contributed by atoms with van der Waals surface area (Å²) >= 11 is 0. The highest BCUT2D eigenvalue weighted by atomic mass is 127. The van der Waals surface area contributed by atoms with E-state index in [1.54, 1.807) is 13.1 Å². The summed E-state index contributed by atoms with van der Waals surface area (Å²) < 4.78 is 23.4. The third kappa shape index (κ3) is 7.03. The molecular formula is C18H31IN4O2S. The van der Waals surface area contributed by atoms with Crippen molar-refractivity contribution < 1.29 is 8.42 Å². The maximum atomic E-state index is 11.7. The number of hydrogen-bond donors (Lipinski definition) is 2. The molecule has 1 aliphatic rings. The first kappa shape index (κ1) is 23.2. The van der Waals surface area contributed by atoms with Crippen molar-refractivity contribution in [3.05, 3.63) is 29.3 Å². The molecule has 1 aromatic rings. The van der Waals surface area contributed by atoms with Gasteiger partial charge in [-0.25, -0.2) is 8.42 Å². The molecule has 0 radical (unpaired) electrons. The smallest absolute Gasteiger partial charge is 0.191 e. The second-order valence-electron chi connectivity index (χ2n) is 6.58. The summed E-state index contributed by atoms with van der Waals surface area (Å²) in [6, 6.07) is 6.20. The van der Waals surface area contributed by atoms with Gasteiger partial charge in [-0.05, 0) is 43.5 Å². The molecule has 0 atom stereocenters. The molecule has 1 fully saturated rings. The van der Waals surface area contributed by atoms with Crippen molar-refractivity contribution in [1.82, 2.24) is 15.5 Å². The Bertz CT molecular complexity index is 718. The number of hydrogen-bond acceptors (Lipinski definition) is 4. The summed E-state index contributed by atoms with van der Waals surface area (Å²) in [5, 5.41) is 6.62. The maximum absolute atomic E-state index is 11.7. The molecule has 0 aliphatic heterocycles. The van der Waals surface area contributed by atoms with Crippen LogP contribution in [0, 0.1) is 6.92 Å². The molecule has 0 amide bonds. The van der Waals surface area contributed by atoms with Crippen LogP contribution in [0.4, 0.5) is 0 Å². The van der Waals surface area contributed by atoms with Crippen molar-refractivity contribution in [2.75, 3.05) is 32.9 Å². The van der Waals surface area contributed by atoms with Gasteiger partial charge in [0.05, 0.1) is 4.90 Å². The van der Waals surface area contributed by atoms with Crippen molar-refractivity contribution in [2.45, 2.75) is 44.2 Å². The summed E-state index contributed by atoms with van der Waals surface area (Å²) in [4.78, 5) is 7.13. The topological polar surface area (TPSA) is 73.8 Å². The molecule has 0 unspecified atom stereocenters. The highest BCUT2D eigenvalue weighted by Crippen LogP contribution is 2.25. The third-order valence-electron chi connectivity index (χ3n) is 4.48. The summed E-state index contributed by atoms with van der Waals surface area (Å²) in [6.07, 6.45) is 3.88. The Morgan fingerprint density at radius 3 is 2.50 bits per heavy atom. The molecule has 0 spiro atoms. The van der Waals surface area contributed by atoms with E-state index in [2.05, 4.69) is 27.4 Å². The molecule has 1 aliphatic carbocycles. The molecule has 8 heteroatoms. The maximum Gasteiger partial charge on any atom is 0.191 e. The van der Waals surface area contributed by atoms with Gasteiger partial charge in [-0.2, -0.15) is 0 Å². The van der Waals surface area contributed by atoms with Crippen LogP contribution < -0.4 is 10.6 Å². The van der Waals surface area contributed by atoms with Crippen LogP contribution in [0.5, 0.6) is 0 Å². The lowest BCUT2D eigenvalue weighted by Crippen LogP contribution is -2.41. The van der Waals surface area contributed by atoms with Gasteiger partial charge in [0.2, 0.25) is 0 Å². The lowest BCUT2D eigenvalue weighted by molar-refractivity contribution is 0.282. The van der Waals surface area contributed by atoms with Crippen molar-refractivity contribution >= 4 is 39.8 Å². The molecule has 1 saturated carbocycles. The van der Waals surface area contributed by atoms with Crippen LogP contribution in [0.2, 0.25) is 0 Å². The van der Waals surface area contributed by atoms with Crippen LogP contribution in [-0.4, -0.2) is 58.3 Å². The van der Waals surface area contributed by atoms with Gasteiger partial charge in [-0.3, -0.25) is 9.89 Å². The predicted octanol–water partition coefficient (Wildman–Crippen LogP) is 2.17. The van der Waals surface area contributed by atoms with E-state index in [4.69, 9.17) is 0 Å². The number of rotatable bonds is 8. The fourth-order valence-corrected chi connectivity index (χ4v) is 3.96. The van der Waals surface area contributed by atoms with Gasteiger partial charge >= 0.3 is 0 Å². The van der Waals surface area contributed by atoms with E-state index in [0.29, 0.717) is 11.4 Å². The second-order valence-corrected chi connectivity index (χ2v) is 8.57. The second kappa shape index (κ2) is 10.5. The van der Waals surface area contributed by atoms with Gasteiger partial charge in [-0.1, -0.05) is 19.1 Å². The minimum atomic E-state index is -3.17. The Kier molecular flexibility index (Phi) is 9.32. The Morgan fingerprint density at radius 1 is 1.31 bits per heavy atom. The number of aryl methyl sites for hydroxylation is 1. The lowest BCUT2D eigenvalue weighted by Gasteiger charge is -2.20. The van der Waals surface area contributed by atoms with Gasteiger partial charge < -0.3 is 10.6 Å². The first-order chi connectivity index (χ1) is 11.8. The number of nitrogens with zero attached hydrogens (tertiary/aromatic N) is 2. The Hall–Kier alpha value is -0.870. The Balaban J connectivity index is 0.00000338. The molecule has 6 nitrogen and oxygen atoms in total. The Morgan fingerprint density at radius 2 is 2.00 bits per heavy atom. The van der Waals surface area contributed by atoms with E-state index in [0.717, 1.165) is 42.8 Å². The molecule has 0 saturated heterocycles. The third-order valence-corrected chi connectivity index (χ3v) is 5.74. The SMILES string of the molecule is CCN(CCNC(=NC)NCc1ccc(S(C)(=O)=O)c(C)c1)C1CC1.I. The van der Waals surface area contributed by atoms with Crippen LogP contribution in [0.15, 0.2) is 28.1 Å². The van der Waals surface area contributed by atoms with E-state index in [1.165, 1.54) is 19.1 Å². The Labute approximate surface area is 174 Å². The number of aliphatic imine (C=N–C) groups is 1. The molecule has 0 aromatic heterocycles. The van der Waals surface area contributed by atoms with E-state index in [9.17, 15) is 8.42 Å². The van der Waals surface area contributed by atoms with E-state index < -0.39 is 9.84 Å². The number of guanidine groups is 1. The first-order valence-corrected chi connectivity index (χ1v) is 10.7. The van der Waals surface area contributed by atoms with Gasteiger partial charge in [0.1, 0.15) is 0 Å². The highest BCUT2D eigenvalue weighted by molar-refractivity contribution is 14.0. The van der Waals surface area contributed by atoms with Crippen molar-refractivity contribution in [3.8, 4) is 0 Å². The molecule has 148 valence electrons. The van der Waals surface area contributed by atoms with Crippen molar-refractivity contribution in [3.63, 3.8) is 0 Å². The molecule has 26 heavy (non-hydrogen) atoms. The molecule has 1 aromatic carbocycles.